The van der Waals surface area contributed by atoms with Crippen LogP contribution in [0.1, 0.15) is 27.5 Å². The molecule has 4 aromatic rings. The molecule has 0 bridgehead atoms. The van der Waals surface area contributed by atoms with Crippen molar-refractivity contribution in [2.24, 2.45) is 0 Å². The number of carbonyl (C=O) groups excluding carboxylic acids is 2. The van der Waals surface area contributed by atoms with E-state index in [-0.39, 0.29) is 40.6 Å². The molecule has 2 heterocycles. The quantitative estimate of drug-likeness (QED) is 0.326. The van der Waals surface area contributed by atoms with Gasteiger partial charge < -0.3 is 15.1 Å². The van der Waals surface area contributed by atoms with Crippen LogP contribution in [0.3, 0.4) is 0 Å². The van der Waals surface area contributed by atoms with Gasteiger partial charge in [0.15, 0.2) is 16.7 Å². The fraction of sp³-hybridized carbons (Fsp3) is 0.167. The van der Waals surface area contributed by atoms with Crippen LogP contribution in [-0.2, 0) is 17.5 Å². The number of nitrogens with zero attached hydrogens (tertiary/aromatic N) is 3. The molecule has 0 aliphatic heterocycles. The molecule has 36 heavy (non-hydrogen) atoms. The molecule has 186 valence electrons. The van der Waals surface area contributed by atoms with Crippen molar-refractivity contribution in [2.45, 2.75) is 24.8 Å². The number of aryl methyl sites for hydroxylation is 1. The first-order chi connectivity index (χ1) is 17.2. The number of hydrogen-bond acceptors (Lipinski definition) is 6. The third-order valence-electron chi connectivity index (χ3n) is 4.92. The van der Waals surface area contributed by atoms with Crippen LogP contribution in [-0.4, -0.2) is 32.3 Å². The molecule has 0 fully saturated rings. The van der Waals surface area contributed by atoms with Gasteiger partial charge in [0.05, 0.1) is 29.8 Å². The van der Waals surface area contributed by atoms with Crippen LogP contribution in [0.15, 0.2) is 76.5 Å². The Bertz CT molecular complexity index is 1370. The molecular formula is C24H20F3N5O3S. The molecule has 0 saturated heterocycles. The highest BCUT2D eigenvalue weighted by Gasteiger charge is 2.31. The molecule has 0 spiro atoms. The Morgan fingerprint density at radius 1 is 1.06 bits per heavy atom. The average Bonchev–Trinajstić information content (AvgIpc) is 3.51. The van der Waals surface area contributed by atoms with Crippen molar-refractivity contribution in [3.05, 3.63) is 89.6 Å². The highest BCUT2D eigenvalue weighted by Crippen LogP contribution is 2.31. The van der Waals surface area contributed by atoms with Crippen LogP contribution in [0.2, 0.25) is 0 Å². The van der Waals surface area contributed by atoms with Gasteiger partial charge in [-0.05, 0) is 55.0 Å². The zero-order valence-electron chi connectivity index (χ0n) is 18.9. The van der Waals surface area contributed by atoms with E-state index in [1.807, 2.05) is 25.1 Å². The van der Waals surface area contributed by atoms with Crippen molar-refractivity contribution < 1.29 is 27.2 Å². The number of alkyl halides is 3. The molecule has 12 heteroatoms. The first-order valence-corrected chi connectivity index (χ1v) is 11.6. The van der Waals surface area contributed by atoms with Crippen LogP contribution >= 0.6 is 11.8 Å². The van der Waals surface area contributed by atoms with Crippen LogP contribution in [0.4, 0.5) is 18.9 Å². The third kappa shape index (κ3) is 6.13. The van der Waals surface area contributed by atoms with E-state index >= 15 is 0 Å². The highest BCUT2D eigenvalue weighted by molar-refractivity contribution is 7.99. The maximum atomic E-state index is 13.3. The molecule has 4 rings (SSSR count). The minimum absolute atomic E-state index is 0.0657. The van der Waals surface area contributed by atoms with Crippen LogP contribution in [0, 0.1) is 6.92 Å². The SMILES string of the molecule is Cc1cccc(NC(=O)CSc2nnc(CNC(=O)c3ccco3)n2-c2cccc(C(F)(F)F)c2)c1. The van der Waals surface area contributed by atoms with Gasteiger partial charge in [-0.2, -0.15) is 13.2 Å². The van der Waals surface area contributed by atoms with Crippen LogP contribution < -0.4 is 10.6 Å². The van der Waals surface area contributed by atoms with Gasteiger partial charge in [-0.15, -0.1) is 10.2 Å². The molecule has 0 aliphatic carbocycles. The topological polar surface area (TPSA) is 102 Å². The van der Waals surface area contributed by atoms with Gasteiger partial charge in [0.2, 0.25) is 5.91 Å². The average molecular weight is 516 g/mol. The molecule has 0 radical (unpaired) electrons. The van der Waals surface area contributed by atoms with E-state index in [4.69, 9.17) is 4.42 Å². The second-order valence-corrected chi connectivity index (χ2v) is 8.59. The maximum Gasteiger partial charge on any atom is 0.416 e. The Balaban J connectivity index is 1.57. The van der Waals surface area contributed by atoms with Gasteiger partial charge >= 0.3 is 6.18 Å². The summed E-state index contributed by atoms with van der Waals surface area (Å²) in [5.74, 6) is -0.662. The molecule has 2 N–H and O–H groups in total. The van der Waals surface area contributed by atoms with E-state index in [1.54, 1.807) is 12.1 Å². The van der Waals surface area contributed by atoms with Crippen molar-refractivity contribution in [2.75, 3.05) is 11.1 Å². The van der Waals surface area contributed by atoms with Gasteiger partial charge in [0.1, 0.15) is 0 Å². The normalized spacial score (nSPS) is 11.3. The third-order valence-corrected chi connectivity index (χ3v) is 5.85. The fourth-order valence-corrected chi connectivity index (χ4v) is 4.06. The number of benzene rings is 2. The van der Waals surface area contributed by atoms with Crippen LogP contribution in [0.5, 0.6) is 0 Å². The van der Waals surface area contributed by atoms with E-state index < -0.39 is 17.6 Å². The van der Waals surface area contributed by atoms with E-state index in [9.17, 15) is 22.8 Å². The summed E-state index contributed by atoms with van der Waals surface area (Å²) >= 11 is 1.00. The van der Waals surface area contributed by atoms with Gasteiger partial charge in [-0.3, -0.25) is 14.2 Å². The Kier molecular flexibility index (Phi) is 7.44. The van der Waals surface area contributed by atoms with Crippen molar-refractivity contribution in [3.63, 3.8) is 0 Å². The molecule has 0 unspecified atom stereocenters. The lowest BCUT2D eigenvalue weighted by Crippen LogP contribution is -2.24. The predicted molar refractivity (Wildman–Crippen MR) is 127 cm³/mol. The van der Waals surface area contributed by atoms with E-state index in [1.165, 1.54) is 29.0 Å². The van der Waals surface area contributed by atoms with Gasteiger partial charge in [-0.25, -0.2) is 0 Å². The zero-order chi connectivity index (χ0) is 25.7. The standard InChI is InChI=1S/C24H20F3N5O3S/c1-15-5-2-7-17(11-15)29-21(33)14-36-23-31-30-20(13-28-22(34)19-9-4-10-35-19)32(23)18-8-3-6-16(12-18)24(25,26)27/h2-12H,13-14H2,1H3,(H,28,34)(H,29,33). The second kappa shape index (κ2) is 10.7. The summed E-state index contributed by atoms with van der Waals surface area (Å²) in [6.45, 7) is 1.76. The smallest absolute Gasteiger partial charge is 0.416 e. The van der Waals surface area contributed by atoms with E-state index in [0.29, 0.717) is 5.69 Å². The minimum atomic E-state index is -4.56. The first-order valence-electron chi connectivity index (χ1n) is 10.6. The molecule has 0 saturated carbocycles. The largest absolute Gasteiger partial charge is 0.459 e. The van der Waals surface area contributed by atoms with Crippen molar-refractivity contribution in [1.29, 1.82) is 0 Å². The first kappa shape index (κ1) is 25.0. The molecule has 0 atom stereocenters. The molecule has 8 nitrogen and oxygen atoms in total. The number of aromatic nitrogens is 3. The summed E-state index contributed by atoms with van der Waals surface area (Å²) in [6.07, 6.45) is -3.21. The molecular weight excluding hydrogens is 495 g/mol. The van der Waals surface area contributed by atoms with Gasteiger partial charge in [0, 0.05) is 5.69 Å². The zero-order valence-corrected chi connectivity index (χ0v) is 19.7. The summed E-state index contributed by atoms with van der Waals surface area (Å²) in [5.41, 5.74) is 0.887. The van der Waals surface area contributed by atoms with E-state index in [0.717, 1.165) is 29.5 Å². The summed E-state index contributed by atoms with van der Waals surface area (Å²) in [6, 6.07) is 14.9. The maximum absolute atomic E-state index is 13.3. The Hall–Kier alpha value is -4.06. The van der Waals surface area contributed by atoms with Crippen molar-refractivity contribution >= 4 is 29.3 Å². The number of nitrogens with one attached hydrogen (secondary N) is 2. The summed E-state index contributed by atoms with van der Waals surface area (Å²) in [4.78, 5) is 24.7. The van der Waals surface area contributed by atoms with Crippen molar-refractivity contribution in [1.82, 2.24) is 20.1 Å². The Morgan fingerprint density at radius 2 is 1.86 bits per heavy atom. The van der Waals surface area contributed by atoms with Gasteiger partial charge in [-0.1, -0.05) is 30.0 Å². The molecule has 2 aromatic heterocycles. The summed E-state index contributed by atoms with van der Waals surface area (Å²) < 4.78 is 46.5. The number of thioether (sulfide) groups is 1. The fourth-order valence-electron chi connectivity index (χ4n) is 3.29. The van der Waals surface area contributed by atoms with Gasteiger partial charge in [0.25, 0.3) is 5.91 Å². The van der Waals surface area contributed by atoms with Crippen molar-refractivity contribution in [3.8, 4) is 5.69 Å². The summed E-state index contributed by atoms with van der Waals surface area (Å²) in [7, 11) is 0. The monoisotopic (exact) mass is 515 g/mol. The number of carbonyl (C=O) groups is 2. The number of halogens is 3. The number of amides is 2. The molecule has 2 amide bonds. The number of rotatable bonds is 8. The second-order valence-electron chi connectivity index (χ2n) is 7.65. The lowest BCUT2D eigenvalue weighted by Gasteiger charge is -2.13. The number of hydrogen-bond donors (Lipinski definition) is 2. The summed E-state index contributed by atoms with van der Waals surface area (Å²) in [5, 5.41) is 13.7. The van der Waals surface area contributed by atoms with Crippen LogP contribution in [0.25, 0.3) is 5.69 Å². The minimum Gasteiger partial charge on any atom is -0.459 e. The molecule has 2 aromatic carbocycles. The lowest BCUT2D eigenvalue weighted by molar-refractivity contribution is -0.137. The number of furan rings is 1. The Morgan fingerprint density at radius 3 is 2.58 bits per heavy atom. The number of anilines is 1. The molecule has 0 aliphatic rings. The lowest BCUT2D eigenvalue weighted by atomic mass is 10.2. The highest BCUT2D eigenvalue weighted by atomic mass is 32.2. The Labute approximate surface area is 207 Å². The predicted octanol–water partition coefficient (Wildman–Crippen LogP) is 4.85. The van der Waals surface area contributed by atoms with E-state index in [2.05, 4.69) is 20.8 Å².